The van der Waals surface area contributed by atoms with Gasteiger partial charge in [0.05, 0.1) is 11.5 Å². The summed E-state index contributed by atoms with van der Waals surface area (Å²) in [7, 11) is 0. The molecule has 2 aromatic carbocycles. The first kappa shape index (κ1) is 18.1. The third-order valence-corrected chi connectivity index (χ3v) is 5.56. The Balaban J connectivity index is 1.67. The Morgan fingerprint density at radius 3 is 2.46 bits per heavy atom. The average Bonchev–Trinajstić information content (AvgIpc) is 3.14. The van der Waals surface area contributed by atoms with Crippen molar-refractivity contribution in [2.45, 2.75) is 22.6 Å². The molecule has 0 radical (unpaired) electrons. The van der Waals surface area contributed by atoms with Crippen LogP contribution in [0.3, 0.4) is 0 Å². The van der Waals surface area contributed by atoms with E-state index in [4.69, 9.17) is 5.11 Å². The number of H-pyrrole nitrogens is 1. The van der Waals surface area contributed by atoms with E-state index < -0.39 is 17.4 Å². The van der Waals surface area contributed by atoms with Crippen molar-refractivity contribution in [2.24, 2.45) is 0 Å². The zero-order valence-electron chi connectivity index (χ0n) is 15.0. The highest BCUT2D eigenvalue weighted by Gasteiger charge is 2.20. The van der Waals surface area contributed by atoms with Crippen molar-refractivity contribution in [1.29, 1.82) is 0 Å². The zero-order valence-corrected chi connectivity index (χ0v) is 15.8. The number of aliphatic carboxylic acids is 1. The summed E-state index contributed by atoms with van der Waals surface area (Å²) in [6.45, 7) is 1.47. The predicted molar refractivity (Wildman–Crippen MR) is 108 cm³/mol. The number of fused-ring (bicyclic) bond motifs is 1. The van der Waals surface area contributed by atoms with Gasteiger partial charge in [0.25, 0.3) is 5.56 Å². The molecule has 0 aliphatic heterocycles. The van der Waals surface area contributed by atoms with Crippen LogP contribution in [0.1, 0.15) is 18.4 Å². The molecule has 0 fully saturated rings. The molecule has 4 aromatic rings. The van der Waals surface area contributed by atoms with Crippen LogP contribution in [0.2, 0.25) is 0 Å². The number of nitrogens with one attached hydrogen (secondary N) is 1. The summed E-state index contributed by atoms with van der Waals surface area (Å²) in [4.78, 5) is 30.4. The SMILES string of the molecule is CC(C(=O)O)c1cnc2c(-c3ccc(Sc4ccccc4)cc3)c[nH]n2c1=O. The van der Waals surface area contributed by atoms with Crippen LogP contribution in [0, 0.1) is 0 Å². The number of carboxylic acids is 1. The van der Waals surface area contributed by atoms with Gasteiger partial charge in [0.1, 0.15) is 0 Å². The lowest BCUT2D eigenvalue weighted by Crippen LogP contribution is -2.24. The largest absolute Gasteiger partial charge is 0.481 e. The number of benzene rings is 2. The lowest BCUT2D eigenvalue weighted by atomic mass is 10.1. The Morgan fingerprint density at radius 1 is 1.11 bits per heavy atom. The molecule has 1 unspecified atom stereocenters. The number of carbonyl (C=O) groups is 1. The minimum Gasteiger partial charge on any atom is -0.481 e. The van der Waals surface area contributed by atoms with Crippen LogP contribution in [-0.4, -0.2) is 25.7 Å². The Labute approximate surface area is 164 Å². The van der Waals surface area contributed by atoms with E-state index >= 15 is 0 Å². The summed E-state index contributed by atoms with van der Waals surface area (Å²) in [5.74, 6) is -1.98. The first-order chi connectivity index (χ1) is 13.5. The summed E-state index contributed by atoms with van der Waals surface area (Å²) < 4.78 is 1.29. The van der Waals surface area contributed by atoms with Crippen molar-refractivity contribution in [3.05, 3.63) is 82.9 Å². The standard InChI is InChI=1S/C21H17N3O3S/c1-13(21(26)27)17-11-22-19-18(12-23-24(19)20(17)25)14-7-9-16(10-8-14)28-15-5-3-2-4-6-15/h2-13,23H,1H3,(H,26,27). The van der Waals surface area contributed by atoms with Gasteiger partial charge in [-0.25, -0.2) is 9.50 Å². The van der Waals surface area contributed by atoms with Crippen molar-refractivity contribution >= 4 is 23.4 Å². The van der Waals surface area contributed by atoms with Crippen molar-refractivity contribution < 1.29 is 9.90 Å². The Bertz CT molecular complexity index is 1200. The van der Waals surface area contributed by atoms with Gasteiger partial charge in [-0.15, -0.1) is 0 Å². The van der Waals surface area contributed by atoms with Gasteiger partial charge in [0, 0.05) is 27.7 Å². The van der Waals surface area contributed by atoms with Crippen LogP contribution in [0.5, 0.6) is 0 Å². The fraction of sp³-hybridized carbons (Fsp3) is 0.0952. The molecule has 2 N–H and O–H groups in total. The van der Waals surface area contributed by atoms with Gasteiger partial charge in [0.2, 0.25) is 0 Å². The number of nitrogens with zero attached hydrogens (tertiary/aromatic N) is 2. The molecule has 7 heteroatoms. The van der Waals surface area contributed by atoms with Gasteiger partial charge in [-0.05, 0) is 36.8 Å². The molecule has 0 saturated carbocycles. The zero-order chi connectivity index (χ0) is 19.7. The number of aromatic amines is 1. The van der Waals surface area contributed by atoms with Crippen LogP contribution in [0.25, 0.3) is 16.8 Å². The van der Waals surface area contributed by atoms with E-state index in [1.54, 1.807) is 18.0 Å². The molecule has 2 aromatic heterocycles. The van der Waals surface area contributed by atoms with Gasteiger partial charge >= 0.3 is 5.97 Å². The van der Waals surface area contributed by atoms with Crippen LogP contribution < -0.4 is 5.56 Å². The van der Waals surface area contributed by atoms with E-state index in [2.05, 4.69) is 22.2 Å². The van der Waals surface area contributed by atoms with E-state index in [-0.39, 0.29) is 5.56 Å². The molecule has 2 heterocycles. The second-order valence-electron chi connectivity index (χ2n) is 6.36. The van der Waals surface area contributed by atoms with E-state index in [0.29, 0.717) is 5.65 Å². The molecule has 4 rings (SSSR count). The topological polar surface area (TPSA) is 87.5 Å². The van der Waals surface area contributed by atoms with Crippen molar-refractivity contribution in [1.82, 2.24) is 14.6 Å². The normalized spacial score (nSPS) is 12.2. The molecular formula is C21H17N3O3S. The maximum absolute atomic E-state index is 12.6. The van der Waals surface area contributed by atoms with Gasteiger partial charge in [-0.3, -0.25) is 14.7 Å². The fourth-order valence-electron chi connectivity index (χ4n) is 2.94. The van der Waals surface area contributed by atoms with Gasteiger partial charge in [-0.2, -0.15) is 0 Å². The van der Waals surface area contributed by atoms with Crippen LogP contribution in [0.15, 0.2) is 81.6 Å². The fourth-order valence-corrected chi connectivity index (χ4v) is 3.78. The average molecular weight is 391 g/mol. The predicted octanol–water partition coefficient (Wildman–Crippen LogP) is 4.03. The van der Waals surface area contributed by atoms with E-state index in [0.717, 1.165) is 20.9 Å². The van der Waals surface area contributed by atoms with Crippen LogP contribution in [0.4, 0.5) is 0 Å². The van der Waals surface area contributed by atoms with Crippen LogP contribution >= 0.6 is 11.8 Å². The number of rotatable bonds is 5. The number of aromatic nitrogens is 3. The summed E-state index contributed by atoms with van der Waals surface area (Å²) >= 11 is 1.67. The number of carboxylic acid groups (broad SMARTS) is 1. The molecule has 1 atom stereocenters. The van der Waals surface area contributed by atoms with Crippen molar-refractivity contribution in [3.63, 3.8) is 0 Å². The maximum Gasteiger partial charge on any atom is 0.310 e. The molecule has 0 aliphatic carbocycles. The molecule has 140 valence electrons. The number of hydrogen-bond donors (Lipinski definition) is 2. The lowest BCUT2D eigenvalue weighted by molar-refractivity contribution is -0.138. The minimum atomic E-state index is -1.06. The highest BCUT2D eigenvalue weighted by Crippen LogP contribution is 2.30. The van der Waals surface area contributed by atoms with E-state index in [9.17, 15) is 9.59 Å². The maximum atomic E-state index is 12.6. The minimum absolute atomic E-state index is 0.146. The Hall–Kier alpha value is -3.32. The second kappa shape index (κ2) is 7.36. The molecular weight excluding hydrogens is 374 g/mol. The van der Waals surface area contributed by atoms with E-state index in [1.165, 1.54) is 17.6 Å². The highest BCUT2D eigenvalue weighted by molar-refractivity contribution is 7.99. The van der Waals surface area contributed by atoms with E-state index in [1.807, 2.05) is 42.5 Å². The molecule has 0 amide bonds. The molecule has 0 saturated heterocycles. The van der Waals surface area contributed by atoms with Gasteiger partial charge in [-0.1, -0.05) is 42.1 Å². The smallest absolute Gasteiger partial charge is 0.310 e. The van der Waals surface area contributed by atoms with Gasteiger partial charge < -0.3 is 5.11 Å². The lowest BCUT2D eigenvalue weighted by Gasteiger charge is -2.06. The Kier molecular flexibility index (Phi) is 4.75. The van der Waals surface area contributed by atoms with Gasteiger partial charge in [0.15, 0.2) is 5.65 Å². The third-order valence-electron chi connectivity index (χ3n) is 4.55. The summed E-state index contributed by atoms with van der Waals surface area (Å²) in [6.07, 6.45) is 3.06. The van der Waals surface area contributed by atoms with Crippen molar-refractivity contribution in [2.75, 3.05) is 0 Å². The second-order valence-corrected chi connectivity index (χ2v) is 7.51. The molecule has 0 aliphatic rings. The van der Waals surface area contributed by atoms with Crippen LogP contribution in [-0.2, 0) is 4.79 Å². The first-order valence-electron chi connectivity index (χ1n) is 8.70. The quantitative estimate of drug-likeness (QED) is 0.536. The molecule has 6 nitrogen and oxygen atoms in total. The third kappa shape index (κ3) is 3.32. The molecule has 0 spiro atoms. The summed E-state index contributed by atoms with van der Waals surface area (Å²) in [5.41, 5.74) is 1.91. The van der Waals surface area contributed by atoms with Crippen molar-refractivity contribution in [3.8, 4) is 11.1 Å². The molecule has 0 bridgehead atoms. The summed E-state index contributed by atoms with van der Waals surface area (Å²) in [5, 5.41) is 12.0. The highest BCUT2D eigenvalue weighted by atomic mass is 32.2. The first-order valence-corrected chi connectivity index (χ1v) is 9.51. The molecule has 28 heavy (non-hydrogen) atoms. The summed E-state index contributed by atoms with van der Waals surface area (Å²) in [6, 6.07) is 18.1. The number of hydrogen-bond acceptors (Lipinski definition) is 4. The Morgan fingerprint density at radius 2 is 1.79 bits per heavy atom. The monoisotopic (exact) mass is 391 g/mol.